The van der Waals surface area contributed by atoms with Gasteiger partial charge in [-0.25, -0.2) is 0 Å². The molecule has 0 aromatic carbocycles. The molecule has 8 heteroatoms. The molecule has 24 heavy (non-hydrogen) atoms. The minimum Gasteiger partial charge on any atom is -0.352 e. The van der Waals surface area contributed by atoms with E-state index >= 15 is 0 Å². The fraction of sp³-hybridized carbons (Fsp3) is 0.750. The number of nitrogens with one attached hydrogen (secondary N) is 1. The lowest BCUT2D eigenvalue weighted by atomic mass is 9.84. The van der Waals surface area contributed by atoms with Crippen LogP contribution in [0.3, 0.4) is 0 Å². The van der Waals surface area contributed by atoms with Crippen LogP contribution in [0.4, 0.5) is 13.2 Å². The van der Waals surface area contributed by atoms with Crippen molar-refractivity contribution in [2.45, 2.75) is 58.3 Å². The van der Waals surface area contributed by atoms with Crippen molar-refractivity contribution >= 4 is 21.8 Å². The molecule has 4 nitrogen and oxygen atoms in total. The first-order valence-electron chi connectivity index (χ1n) is 8.26. The predicted octanol–water partition coefficient (Wildman–Crippen LogP) is 3.91. The molecule has 1 N–H and O–H groups in total. The van der Waals surface area contributed by atoms with Gasteiger partial charge in [-0.1, -0.05) is 6.42 Å². The number of halogens is 4. The zero-order valence-corrected chi connectivity index (χ0v) is 15.2. The molecule has 0 radical (unpaired) electrons. The van der Waals surface area contributed by atoms with E-state index in [1.807, 2.05) is 6.92 Å². The van der Waals surface area contributed by atoms with Crippen LogP contribution in [0, 0.1) is 24.7 Å². The second kappa shape index (κ2) is 6.35. The number of nitrogens with zero attached hydrogens (tertiary/aromatic N) is 2. The Morgan fingerprint density at radius 1 is 1.42 bits per heavy atom. The summed E-state index contributed by atoms with van der Waals surface area (Å²) in [5.74, 6) is 1.67. The van der Waals surface area contributed by atoms with Crippen LogP contribution < -0.4 is 5.32 Å². The van der Waals surface area contributed by atoms with Crippen LogP contribution in [0.15, 0.2) is 4.47 Å². The fourth-order valence-corrected chi connectivity index (χ4v) is 4.82. The van der Waals surface area contributed by atoms with Gasteiger partial charge in [-0.2, -0.15) is 18.3 Å². The molecule has 2 aliphatic carbocycles. The summed E-state index contributed by atoms with van der Waals surface area (Å²) >= 11 is 2.92. The lowest BCUT2D eigenvalue weighted by molar-refractivity contribution is -0.142. The van der Waals surface area contributed by atoms with Crippen molar-refractivity contribution in [3.05, 3.63) is 15.9 Å². The molecule has 1 aromatic rings. The zero-order valence-electron chi connectivity index (χ0n) is 13.7. The molecular formula is C16H21BrF3N3O. The predicted molar refractivity (Wildman–Crippen MR) is 86.2 cm³/mol. The van der Waals surface area contributed by atoms with E-state index in [2.05, 4.69) is 26.3 Å². The van der Waals surface area contributed by atoms with Gasteiger partial charge in [-0.15, -0.1) is 0 Å². The van der Waals surface area contributed by atoms with Crippen molar-refractivity contribution < 1.29 is 18.0 Å². The Balaban J connectivity index is 1.63. The molecule has 134 valence electrons. The maximum absolute atomic E-state index is 12.9. The number of carbonyl (C=O) groups is 1. The molecule has 0 aliphatic heterocycles. The highest BCUT2D eigenvalue weighted by Crippen LogP contribution is 2.49. The maximum Gasteiger partial charge on any atom is 0.436 e. The molecule has 1 heterocycles. The van der Waals surface area contributed by atoms with Gasteiger partial charge in [-0.05, 0) is 66.8 Å². The second-order valence-electron chi connectivity index (χ2n) is 7.10. The highest BCUT2D eigenvalue weighted by atomic mass is 79.9. The van der Waals surface area contributed by atoms with Crippen LogP contribution in [0.1, 0.15) is 44.0 Å². The molecule has 3 rings (SSSR count). The van der Waals surface area contributed by atoms with Crippen LogP contribution in [0.5, 0.6) is 0 Å². The van der Waals surface area contributed by atoms with Gasteiger partial charge in [0.05, 0.1) is 10.2 Å². The third-order valence-electron chi connectivity index (χ3n) is 5.52. The van der Waals surface area contributed by atoms with Gasteiger partial charge >= 0.3 is 6.18 Å². The van der Waals surface area contributed by atoms with Crippen molar-refractivity contribution in [3.63, 3.8) is 0 Å². The number of rotatable bonds is 4. The number of alkyl halides is 3. The number of fused-ring (bicyclic) bond motifs is 2. The Morgan fingerprint density at radius 3 is 2.62 bits per heavy atom. The van der Waals surface area contributed by atoms with E-state index in [9.17, 15) is 18.0 Å². The Bertz CT molecular complexity index is 643. The van der Waals surface area contributed by atoms with Crippen LogP contribution in [-0.4, -0.2) is 21.7 Å². The number of hydrogen-bond acceptors (Lipinski definition) is 2. The van der Waals surface area contributed by atoms with E-state index in [-0.39, 0.29) is 23.0 Å². The van der Waals surface area contributed by atoms with Crippen molar-refractivity contribution in [2.24, 2.45) is 17.8 Å². The lowest BCUT2D eigenvalue weighted by Gasteiger charge is -2.28. The summed E-state index contributed by atoms with van der Waals surface area (Å²) in [6, 6.07) is 0.0502. The average molecular weight is 408 g/mol. The number of carbonyl (C=O) groups excluding carboxylic acids is 1. The summed E-state index contributed by atoms with van der Waals surface area (Å²) in [6.45, 7) is 3.31. The molecule has 4 atom stereocenters. The zero-order chi connectivity index (χ0) is 17.6. The van der Waals surface area contributed by atoms with Crippen LogP contribution in [0.2, 0.25) is 0 Å². The van der Waals surface area contributed by atoms with Crippen molar-refractivity contribution in [3.8, 4) is 0 Å². The summed E-state index contributed by atoms with van der Waals surface area (Å²) in [4.78, 5) is 12.2. The van der Waals surface area contributed by atoms with E-state index in [4.69, 9.17) is 0 Å². The Hall–Kier alpha value is -1.05. The summed E-state index contributed by atoms with van der Waals surface area (Å²) < 4.78 is 39.6. The first-order chi connectivity index (χ1) is 11.2. The summed E-state index contributed by atoms with van der Waals surface area (Å²) in [7, 11) is 0. The van der Waals surface area contributed by atoms with Crippen molar-refractivity contribution in [1.82, 2.24) is 15.1 Å². The van der Waals surface area contributed by atoms with E-state index in [0.29, 0.717) is 17.5 Å². The molecule has 1 amide bonds. The topological polar surface area (TPSA) is 46.9 Å². The highest BCUT2D eigenvalue weighted by Gasteiger charge is 2.42. The SMILES string of the molecule is Cc1c(Br)c(C(F)(F)F)nn1CC(=O)N[C@H](C)[C@H]1C[C@@H]2CC[C@@H]1C2. The smallest absolute Gasteiger partial charge is 0.352 e. The number of amides is 1. The highest BCUT2D eigenvalue weighted by molar-refractivity contribution is 9.10. The molecule has 2 bridgehead atoms. The summed E-state index contributed by atoms with van der Waals surface area (Å²) in [6.07, 6.45) is 0.391. The Morgan fingerprint density at radius 2 is 2.12 bits per heavy atom. The van der Waals surface area contributed by atoms with Gasteiger partial charge in [0.15, 0.2) is 5.69 Å². The molecule has 1 aromatic heterocycles. The molecule has 2 fully saturated rings. The largest absolute Gasteiger partial charge is 0.436 e. The lowest BCUT2D eigenvalue weighted by Crippen LogP contribution is -2.41. The van der Waals surface area contributed by atoms with E-state index in [0.717, 1.165) is 17.0 Å². The van der Waals surface area contributed by atoms with Gasteiger partial charge in [0, 0.05) is 6.04 Å². The quantitative estimate of drug-likeness (QED) is 0.821. The third-order valence-corrected chi connectivity index (χ3v) is 6.47. The molecule has 2 saturated carbocycles. The van der Waals surface area contributed by atoms with Crippen LogP contribution in [0.25, 0.3) is 0 Å². The minimum absolute atomic E-state index is 0.0502. The summed E-state index contributed by atoms with van der Waals surface area (Å²) in [5, 5.41) is 6.50. The molecule has 2 aliphatic rings. The maximum atomic E-state index is 12.9. The normalized spacial score (nSPS) is 27.5. The Kier molecular flexibility index (Phi) is 4.70. The first kappa shape index (κ1) is 17.8. The standard InChI is InChI=1S/C16H21BrF3N3O/c1-8(12-6-10-3-4-11(12)5-10)21-13(24)7-23-9(2)14(17)15(22-23)16(18,19)20/h8,10-12H,3-7H2,1-2H3,(H,21,24)/t8-,10-,11-,12-/m1/s1. The fourth-order valence-electron chi connectivity index (χ4n) is 4.31. The van der Waals surface area contributed by atoms with Crippen molar-refractivity contribution in [2.75, 3.05) is 0 Å². The van der Waals surface area contributed by atoms with Gasteiger partial charge in [0.25, 0.3) is 0 Å². The molecule has 0 spiro atoms. The summed E-state index contributed by atoms with van der Waals surface area (Å²) in [5.41, 5.74) is -0.695. The third kappa shape index (κ3) is 3.34. The van der Waals surface area contributed by atoms with E-state index in [1.165, 1.54) is 26.2 Å². The number of aromatic nitrogens is 2. The molecular weight excluding hydrogens is 387 g/mol. The molecule has 0 saturated heterocycles. The monoisotopic (exact) mass is 407 g/mol. The van der Waals surface area contributed by atoms with Crippen molar-refractivity contribution in [1.29, 1.82) is 0 Å². The van der Waals surface area contributed by atoms with Gasteiger partial charge < -0.3 is 5.32 Å². The van der Waals surface area contributed by atoms with Crippen LogP contribution in [-0.2, 0) is 17.5 Å². The van der Waals surface area contributed by atoms with Gasteiger partial charge in [0.1, 0.15) is 6.54 Å². The Labute approximate surface area is 147 Å². The molecule has 0 unspecified atom stereocenters. The first-order valence-corrected chi connectivity index (χ1v) is 9.05. The van der Waals surface area contributed by atoms with Gasteiger partial charge in [-0.3, -0.25) is 9.48 Å². The number of hydrogen-bond donors (Lipinski definition) is 1. The van der Waals surface area contributed by atoms with E-state index in [1.54, 1.807) is 0 Å². The van der Waals surface area contributed by atoms with E-state index < -0.39 is 11.9 Å². The second-order valence-corrected chi connectivity index (χ2v) is 7.89. The minimum atomic E-state index is -4.54. The van der Waals surface area contributed by atoms with Crippen LogP contribution >= 0.6 is 15.9 Å². The average Bonchev–Trinajstić information content (AvgIpc) is 3.17. The van der Waals surface area contributed by atoms with Gasteiger partial charge in [0.2, 0.25) is 5.91 Å².